The van der Waals surface area contributed by atoms with Gasteiger partial charge >= 0.3 is 0 Å². The molecule has 1 aliphatic rings. The molecule has 0 spiro atoms. The van der Waals surface area contributed by atoms with Gasteiger partial charge < -0.3 is 20.4 Å². The van der Waals surface area contributed by atoms with E-state index in [2.05, 4.69) is 21.7 Å². The highest BCUT2D eigenvalue weighted by molar-refractivity contribution is 14.0. The van der Waals surface area contributed by atoms with E-state index in [0.29, 0.717) is 18.2 Å². The van der Waals surface area contributed by atoms with Crippen molar-refractivity contribution in [2.24, 2.45) is 10.7 Å². The number of anilines is 1. The third-order valence-electron chi connectivity index (χ3n) is 4.68. The minimum atomic E-state index is -0.172. The van der Waals surface area contributed by atoms with Crippen molar-refractivity contribution in [3.05, 3.63) is 29.6 Å². The molecule has 7 heteroatoms. The Hall–Kier alpha value is -1.09. The van der Waals surface area contributed by atoms with Crippen LogP contribution in [-0.2, 0) is 6.54 Å². The van der Waals surface area contributed by atoms with Gasteiger partial charge in [0.15, 0.2) is 5.96 Å². The summed E-state index contributed by atoms with van der Waals surface area (Å²) in [5, 5.41) is 0. The number of piperazine rings is 1. The van der Waals surface area contributed by atoms with Crippen molar-refractivity contribution >= 4 is 35.6 Å². The third kappa shape index (κ3) is 5.99. The lowest BCUT2D eigenvalue weighted by molar-refractivity contribution is 0.270. The molecule has 0 aliphatic carbocycles. The summed E-state index contributed by atoms with van der Waals surface area (Å²) in [5.74, 6) is 0.342. The normalized spacial score (nSPS) is 15.8. The molecule has 0 bridgehead atoms. The highest BCUT2D eigenvalue weighted by atomic mass is 127. The highest BCUT2D eigenvalue weighted by Crippen LogP contribution is 2.22. The quantitative estimate of drug-likeness (QED) is 0.401. The SMILES string of the molecule is CCN1CCN(c2ccc(CN=C(N)N(CC)CC)cc2F)CC1.I. The van der Waals surface area contributed by atoms with Crippen LogP contribution in [0.4, 0.5) is 10.1 Å². The summed E-state index contributed by atoms with van der Waals surface area (Å²) in [6.45, 7) is 13.1. The maximum absolute atomic E-state index is 14.5. The van der Waals surface area contributed by atoms with E-state index in [9.17, 15) is 4.39 Å². The molecular weight excluding hydrogens is 432 g/mol. The zero-order valence-corrected chi connectivity index (χ0v) is 17.9. The molecule has 2 N–H and O–H groups in total. The molecule has 0 saturated carbocycles. The van der Waals surface area contributed by atoms with Gasteiger partial charge in [0.2, 0.25) is 0 Å². The molecular formula is C18H31FIN5. The molecule has 2 rings (SSSR count). The molecule has 25 heavy (non-hydrogen) atoms. The molecule has 1 fully saturated rings. The second kappa shape index (κ2) is 10.8. The lowest BCUT2D eigenvalue weighted by atomic mass is 10.1. The average molecular weight is 463 g/mol. The molecule has 1 saturated heterocycles. The van der Waals surface area contributed by atoms with Crippen LogP contribution in [0.3, 0.4) is 0 Å². The van der Waals surface area contributed by atoms with Crippen molar-refractivity contribution in [1.82, 2.24) is 9.80 Å². The van der Waals surface area contributed by atoms with Crippen molar-refractivity contribution in [3.8, 4) is 0 Å². The Labute approximate surface area is 168 Å². The minimum Gasteiger partial charge on any atom is -0.370 e. The fraction of sp³-hybridized carbons (Fsp3) is 0.611. The Bertz CT molecular complexity index is 554. The van der Waals surface area contributed by atoms with Gasteiger partial charge in [-0.1, -0.05) is 13.0 Å². The Morgan fingerprint density at radius 2 is 1.80 bits per heavy atom. The molecule has 1 aliphatic heterocycles. The summed E-state index contributed by atoms with van der Waals surface area (Å²) in [5.41, 5.74) is 7.50. The number of hydrogen-bond donors (Lipinski definition) is 1. The summed E-state index contributed by atoms with van der Waals surface area (Å²) in [7, 11) is 0. The van der Waals surface area contributed by atoms with Crippen molar-refractivity contribution in [3.63, 3.8) is 0 Å². The fourth-order valence-electron chi connectivity index (χ4n) is 3.03. The third-order valence-corrected chi connectivity index (χ3v) is 4.68. The monoisotopic (exact) mass is 463 g/mol. The van der Waals surface area contributed by atoms with Gasteiger partial charge in [0.05, 0.1) is 12.2 Å². The zero-order chi connectivity index (χ0) is 17.5. The summed E-state index contributed by atoms with van der Waals surface area (Å²) in [4.78, 5) is 10.9. The first-order valence-corrected chi connectivity index (χ1v) is 8.89. The number of hydrogen-bond acceptors (Lipinski definition) is 3. The van der Waals surface area contributed by atoms with Gasteiger partial charge in [-0.25, -0.2) is 9.38 Å². The highest BCUT2D eigenvalue weighted by Gasteiger charge is 2.18. The molecule has 142 valence electrons. The maximum Gasteiger partial charge on any atom is 0.191 e. The van der Waals surface area contributed by atoms with Crippen molar-refractivity contribution in [1.29, 1.82) is 0 Å². The van der Waals surface area contributed by atoms with Crippen molar-refractivity contribution in [2.75, 3.05) is 50.7 Å². The molecule has 0 unspecified atom stereocenters. The standard InChI is InChI=1S/C18H30FN5.HI/c1-4-22-9-11-24(12-10-22)17-8-7-15(13-16(17)19)14-21-18(20)23(5-2)6-3;/h7-8,13H,4-6,9-12,14H2,1-3H3,(H2,20,21);1H. The smallest absolute Gasteiger partial charge is 0.191 e. The predicted molar refractivity (Wildman–Crippen MR) is 114 cm³/mol. The van der Waals surface area contributed by atoms with E-state index in [1.165, 1.54) is 0 Å². The van der Waals surface area contributed by atoms with E-state index in [1.54, 1.807) is 6.07 Å². The van der Waals surface area contributed by atoms with Gasteiger partial charge in [-0.15, -0.1) is 24.0 Å². The maximum atomic E-state index is 14.5. The summed E-state index contributed by atoms with van der Waals surface area (Å²) >= 11 is 0. The Morgan fingerprint density at radius 3 is 2.32 bits per heavy atom. The van der Waals surface area contributed by atoms with Crippen LogP contribution in [0.25, 0.3) is 0 Å². The predicted octanol–water partition coefficient (Wildman–Crippen LogP) is 2.74. The number of likely N-dealkylation sites (N-methyl/N-ethyl adjacent to an activating group) is 1. The molecule has 0 atom stereocenters. The van der Waals surface area contributed by atoms with E-state index in [1.807, 2.05) is 30.9 Å². The largest absolute Gasteiger partial charge is 0.370 e. The summed E-state index contributed by atoms with van der Waals surface area (Å²) in [6, 6.07) is 5.40. The van der Waals surface area contributed by atoms with E-state index >= 15 is 0 Å². The van der Waals surface area contributed by atoms with Crippen LogP contribution in [0.1, 0.15) is 26.3 Å². The average Bonchev–Trinajstić information content (AvgIpc) is 2.61. The molecule has 1 heterocycles. The first-order valence-electron chi connectivity index (χ1n) is 8.89. The van der Waals surface area contributed by atoms with Gasteiger partial charge in [-0.2, -0.15) is 0 Å². The zero-order valence-electron chi connectivity index (χ0n) is 15.5. The second-order valence-corrected chi connectivity index (χ2v) is 6.05. The van der Waals surface area contributed by atoms with Crippen LogP contribution in [0, 0.1) is 5.82 Å². The lowest BCUT2D eigenvalue weighted by Gasteiger charge is -2.35. The Kier molecular flexibility index (Phi) is 9.48. The number of rotatable bonds is 6. The fourth-order valence-corrected chi connectivity index (χ4v) is 3.03. The van der Waals surface area contributed by atoms with Gasteiger partial charge in [0, 0.05) is 39.3 Å². The van der Waals surface area contributed by atoms with Crippen LogP contribution in [0.5, 0.6) is 0 Å². The van der Waals surface area contributed by atoms with Crippen LogP contribution < -0.4 is 10.6 Å². The number of benzene rings is 1. The van der Waals surface area contributed by atoms with Crippen molar-refractivity contribution in [2.45, 2.75) is 27.3 Å². The lowest BCUT2D eigenvalue weighted by Crippen LogP contribution is -2.46. The van der Waals surface area contributed by atoms with Gasteiger partial charge in [-0.05, 0) is 38.1 Å². The van der Waals surface area contributed by atoms with E-state index in [0.717, 1.165) is 51.4 Å². The van der Waals surface area contributed by atoms with Crippen LogP contribution >= 0.6 is 24.0 Å². The topological polar surface area (TPSA) is 48.1 Å². The molecule has 0 radical (unpaired) electrons. The number of guanidine groups is 1. The Balaban J connectivity index is 0.00000312. The van der Waals surface area contributed by atoms with E-state index < -0.39 is 0 Å². The molecule has 0 amide bonds. The summed E-state index contributed by atoms with van der Waals surface area (Å²) in [6.07, 6.45) is 0. The number of halogens is 2. The van der Waals surface area contributed by atoms with Gasteiger partial charge in [0.1, 0.15) is 5.82 Å². The molecule has 0 aromatic heterocycles. The van der Waals surface area contributed by atoms with Gasteiger partial charge in [0.25, 0.3) is 0 Å². The number of aliphatic imine (C=N–C) groups is 1. The number of nitrogens with zero attached hydrogens (tertiary/aromatic N) is 4. The van der Waals surface area contributed by atoms with Gasteiger partial charge in [-0.3, -0.25) is 0 Å². The Morgan fingerprint density at radius 1 is 1.16 bits per heavy atom. The molecule has 5 nitrogen and oxygen atoms in total. The first kappa shape index (κ1) is 22.0. The second-order valence-electron chi connectivity index (χ2n) is 6.05. The first-order chi connectivity index (χ1) is 11.6. The summed E-state index contributed by atoms with van der Waals surface area (Å²) < 4.78 is 14.5. The van der Waals surface area contributed by atoms with Crippen molar-refractivity contribution < 1.29 is 4.39 Å². The minimum absolute atomic E-state index is 0. The van der Waals surface area contributed by atoms with E-state index in [4.69, 9.17) is 5.73 Å². The van der Waals surface area contributed by atoms with E-state index in [-0.39, 0.29) is 29.8 Å². The van der Waals surface area contributed by atoms with Crippen LogP contribution in [0.15, 0.2) is 23.2 Å². The number of nitrogens with two attached hydrogens (primary N) is 1. The van der Waals surface area contributed by atoms with Crippen LogP contribution in [-0.4, -0.2) is 61.6 Å². The molecule has 1 aromatic rings. The molecule has 1 aromatic carbocycles. The van der Waals surface area contributed by atoms with Crippen LogP contribution in [0.2, 0.25) is 0 Å².